The molecule has 1 aliphatic heterocycles. The molecule has 2 aliphatic rings. The smallest absolute Gasteiger partial charge is 0.226 e. The van der Waals surface area contributed by atoms with Crippen LogP contribution in [0.2, 0.25) is 0 Å². The molecule has 2 unspecified atom stereocenters. The highest BCUT2D eigenvalue weighted by Gasteiger charge is 2.52. The van der Waals surface area contributed by atoms with E-state index in [2.05, 4.69) is 13.8 Å². The summed E-state index contributed by atoms with van der Waals surface area (Å²) in [6, 6.07) is 0. The summed E-state index contributed by atoms with van der Waals surface area (Å²) in [5, 5.41) is -0.0571. The molecule has 1 saturated heterocycles. The molecule has 1 amide bonds. The van der Waals surface area contributed by atoms with Crippen molar-refractivity contribution in [3.8, 4) is 0 Å². The fourth-order valence-electron chi connectivity index (χ4n) is 2.08. The highest BCUT2D eigenvalue weighted by atomic mass is 35.5. The Labute approximate surface area is 95.7 Å². The minimum atomic E-state index is -0.0571. The van der Waals surface area contributed by atoms with Crippen molar-refractivity contribution in [2.75, 3.05) is 26.3 Å². The van der Waals surface area contributed by atoms with Gasteiger partial charge >= 0.3 is 0 Å². The van der Waals surface area contributed by atoms with Crippen LogP contribution in [0, 0.1) is 11.3 Å². The second-order valence-corrected chi connectivity index (χ2v) is 5.82. The van der Waals surface area contributed by atoms with Gasteiger partial charge in [-0.05, 0) is 11.8 Å². The van der Waals surface area contributed by atoms with Gasteiger partial charge in [0, 0.05) is 19.0 Å². The van der Waals surface area contributed by atoms with Gasteiger partial charge in [0.2, 0.25) is 5.91 Å². The van der Waals surface area contributed by atoms with Crippen LogP contribution < -0.4 is 0 Å². The van der Waals surface area contributed by atoms with E-state index < -0.39 is 0 Å². The summed E-state index contributed by atoms with van der Waals surface area (Å²) in [5.74, 6) is 0.468. The quantitative estimate of drug-likeness (QED) is 0.640. The molecule has 0 N–H and O–H groups in total. The molecular formula is C11H18ClNO2. The van der Waals surface area contributed by atoms with E-state index in [4.69, 9.17) is 16.3 Å². The van der Waals surface area contributed by atoms with Crippen LogP contribution in [0.5, 0.6) is 0 Å². The first-order valence-corrected chi connectivity index (χ1v) is 5.95. The Morgan fingerprint density at radius 2 is 2.20 bits per heavy atom. The molecule has 15 heavy (non-hydrogen) atoms. The predicted octanol–water partition coefficient (Wildman–Crippen LogP) is 1.50. The molecule has 2 fully saturated rings. The van der Waals surface area contributed by atoms with E-state index in [9.17, 15) is 4.79 Å². The van der Waals surface area contributed by atoms with Crippen LogP contribution in [-0.4, -0.2) is 42.5 Å². The van der Waals surface area contributed by atoms with Crippen LogP contribution in [0.25, 0.3) is 0 Å². The average molecular weight is 232 g/mol. The van der Waals surface area contributed by atoms with Crippen molar-refractivity contribution in [3.63, 3.8) is 0 Å². The predicted molar refractivity (Wildman–Crippen MR) is 58.9 cm³/mol. The maximum absolute atomic E-state index is 12.1. The van der Waals surface area contributed by atoms with E-state index in [-0.39, 0.29) is 22.6 Å². The first-order valence-electron chi connectivity index (χ1n) is 5.51. The van der Waals surface area contributed by atoms with Gasteiger partial charge in [-0.25, -0.2) is 0 Å². The lowest BCUT2D eigenvalue weighted by Crippen LogP contribution is -2.38. The van der Waals surface area contributed by atoms with E-state index in [0.717, 1.165) is 6.42 Å². The second kappa shape index (κ2) is 3.95. The molecule has 86 valence electrons. The van der Waals surface area contributed by atoms with E-state index >= 15 is 0 Å². The van der Waals surface area contributed by atoms with Crippen molar-refractivity contribution in [2.24, 2.45) is 11.3 Å². The maximum Gasteiger partial charge on any atom is 0.226 e. The first kappa shape index (κ1) is 11.2. The number of carbonyl (C=O) groups is 1. The number of halogens is 1. The Balaban J connectivity index is 1.94. The largest absolute Gasteiger partial charge is 0.378 e. The number of amides is 1. The third-order valence-corrected chi connectivity index (χ3v) is 3.61. The minimum absolute atomic E-state index is 0.0571. The Hall–Kier alpha value is -0.280. The van der Waals surface area contributed by atoms with Crippen LogP contribution in [-0.2, 0) is 9.53 Å². The first-order chi connectivity index (χ1) is 7.00. The van der Waals surface area contributed by atoms with Gasteiger partial charge in [-0.1, -0.05) is 13.8 Å². The molecule has 1 heterocycles. The van der Waals surface area contributed by atoms with Crippen molar-refractivity contribution in [2.45, 2.75) is 25.6 Å². The van der Waals surface area contributed by atoms with Crippen molar-refractivity contribution in [3.05, 3.63) is 0 Å². The average Bonchev–Trinajstić information content (AvgIpc) is 2.84. The Bertz CT molecular complexity index is 267. The summed E-state index contributed by atoms with van der Waals surface area (Å²) in [7, 11) is 0. The lowest BCUT2D eigenvalue weighted by Gasteiger charge is -2.21. The van der Waals surface area contributed by atoms with E-state index in [1.807, 2.05) is 4.90 Å². The standard InChI is InChI=1S/C11H18ClNO2/c1-11(2)5-9(11)10(14)13-3-4-15-7-8(12)6-13/h8-9H,3-7H2,1-2H3. The van der Waals surface area contributed by atoms with Crippen LogP contribution in [0.3, 0.4) is 0 Å². The SMILES string of the molecule is CC1(C)CC1C(=O)N1CCOCC(Cl)C1. The fourth-order valence-corrected chi connectivity index (χ4v) is 2.33. The molecule has 1 aliphatic carbocycles. The van der Waals surface area contributed by atoms with Gasteiger partial charge in [0.25, 0.3) is 0 Å². The van der Waals surface area contributed by atoms with E-state index in [1.54, 1.807) is 0 Å². The fraction of sp³-hybridized carbons (Fsp3) is 0.909. The molecule has 4 heteroatoms. The van der Waals surface area contributed by atoms with Crippen LogP contribution >= 0.6 is 11.6 Å². The lowest BCUT2D eigenvalue weighted by molar-refractivity contribution is -0.133. The molecule has 1 saturated carbocycles. The van der Waals surface area contributed by atoms with Crippen LogP contribution in [0.4, 0.5) is 0 Å². The van der Waals surface area contributed by atoms with Gasteiger partial charge in [-0.15, -0.1) is 11.6 Å². The molecule has 0 spiro atoms. The van der Waals surface area contributed by atoms with Crippen molar-refractivity contribution in [1.82, 2.24) is 4.90 Å². The molecule has 3 nitrogen and oxygen atoms in total. The molecule has 0 aromatic rings. The monoisotopic (exact) mass is 231 g/mol. The number of hydrogen-bond donors (Lipinski definition) is 0. The normalized spacial score (nSPS) is 34.7. The van der Waals surface area contributed by atoms with Gasteiger partial charge in [0.05, 0.1) is 18.6 Å². The molecule has 0 bridgehead atoms. The second-order valence-electron chi connectivity index (χ2n) is 5.20. The summed E-state index contributed by atoms with van der Waals surface area (Å²) < 4.78 is 5.31. The molecular weight excluding hydrogens is 214 g/mol. The third kappa shape index (κ3) is 2.45. The van der Waals surface area contributed by atoms with Gasteiger partial charge in [-0.2, -0.15) is 0 Å². The number of nitrogens with zero attached hydrogens (tertiary/aromatic N) is 1. The zero-order chi connectivity index (χ0) is 11.1. The van der Waals surface area contributed by atoms with E-state index in [0.29, 0.717) is 26.3 Å². The third-order valence-electron chi connectivity index (χ3n) is 3.35. The van der Waals surface area contributed by atoms with Crippen LogP contribution in [0.1, 0.15) is 20.3 Å². The molecule has 0 radical (unpaired) electrons. The van der Waals surface area contributed by atoms with Crippen molar-refractivity contribution >= 4 is 17.5 Å². The summed E-state index contributed by atoms with van der Waals surface area (Å²) in [5.41, 5.74) is 0.200. The van der Waals surface area contributed by atoms with Gasteiger partial charge < -0.3 is 9.64 Å². The van der Waals surface area contributed by atoms with Gasteiger partial charge in [0.15, 0.2) is 0 Å². The zero-order valence-corrected chi connectivity index (χ0v) is 10.1. The molecule has 2 rings (SSSR count). The Morgan fingerprint density at radius 3 is 2.80 bits per heavy atom. The molecule has 0 aromatic heterocycles. The summed E-state index contributed by atoms with van der Waals surface area (Å²) in [6.07, 6.45) is 1.01. The van der Waals surface area contributed by atoms with E-state index in [1.165, 1.54) is 0 Å². The number of hydrogen-bond acceptors (Lipinski definition) is 2. The number of rotatable bonds is 1. The summed E-state index contributed by atoms with van der Waals surface area (Å²) in [6.45, 7) is 6.77. The maximum atomic E-state index is 12.1. The number of ether oxygens (including phenoxy) is 1. The number of carbonyl (C=O) groups excluding carboxylic acids is 1. The highest BCUT2D eigenvalue weighted by Crippen LogP contribution is 2.52. The van der Waals surface area contributed by atoms with Crippen molar-refractivity contribution < 1.29 is 9.53 Å². The number of alkyl halides is 1. The van der Waals surface area contributed by atoms with Gasteiger partial charge in [-0.3, -0.25) is 4.79 Å². The summed E-state index contributed by atoms with van der Waals surface area (Å²) >= 11 is 6.04. The Morgan fingerprint density at radius 1 is 1.53 bits per heavy atom. The highest BCUT2D eigenvalue weighted by molar-refractivity contribution is 6.21. The molecule has 2 atom stereocenters. The topological polar surface area (TPSA) is 29.5 Å². The molecule has 0 aromatic carbocycles. The minimum Gasteiger partial charge on any atom is -0.378 e. The zero-order valence-electron chi connectivity index (χ0n) is 9.33. The Kier molecular flexibility index (Phi) is 2.95. The lowest BCUT2D eigenvalue weighted by atomic mass is 10.1. The van der Waals surface area contributed by atoms with Crippen molar-refractivity contribution in [1.29, 1.82) is 0 Å². The van der Waals surface area contributed by atoms with Gasteiger partial charge in [0.1, 0.15) is 0 Å². The summed E-state index contributed by atoms with van der Waals surface area (Å²) in [4.78, 5) is 14.0. The van der Waals surface area contributed by atoms with Crippen LogP contribution in [0.15, 0.2) is 0 Å².